The molecule has 4 rings (SSSR count). The first kappa shape index (κ1) is 23.8. The van der Waals surface area contributed by atoms with Crippen molar-refractivity contribution in [3.8, 4) is 16.9 Å². The maximum atomic E-state index is 12.5. The largest absolute Gasteiger partial charge is 0.491 e. The summed E-state index contributed by atoms with van der Waals surface area (Å²) in [5, 5.41) is 0. The Labute approximate surface area is 201 Å². The molecule has 1 amide bonds. The van der Waals surface area contributed by atoms with E-state index in [1.54, 1.807) is 11.9 Å². The minimum atomic E-state index is -0.347. The van der Waals surface area contributed by atoms with Crippen LogP contribution < -0.4 is 4.74 Å². The van der Waals surface area contributed by atoms with Crippen LogP contribution in [0, 0.1) is 0 Å². The molecule has 3 aromatic rings. The van der Waals surface area contributed by atoms with Crippen molar-refractivity contribution >= 4 is 6.09 Å². The highest BCUT2D eigenvalue weighted by Gasteiger charge is 2.29. The van der Waals surface area contributed by atoms with E-state index in [1.165, 1.54) is 22.3 Å². The fraction of sp³-hybridized carbons (Fsp3) is 0.321. The number of amides is 1. The summed E-state index contributed by atoms with van der Waals surface area (Å²) in [6.07, 6.45) is -0.347. The van der Waals surface area contributed by atoms with Crippen molar-refractivity contribution in [2.45, 2.75) is 5.92 Å². The topological polar surface area (TPSA) is 57.2 Å². The highest BCUT2D eigenvalue weighted by atomic mass is 16.6. The summed E-state index contributed by atoms with van der Waals surface area (Å²) in [4.78, 5) is 14.0. The number of likely N-dealkylation sites (N-methyl/N-ethyl adjacent to an activating group) is 1. The number of ether oxygens (including phenoxy) is 4. The second kappa shape index (κ2) is 12.2. The Kier molecular flexibility index (Phi) is 8.54. The van der Waals surface area contributed by atoms with E-state index in [1.807, 2.05) is 54.6 Å². The Hall–Kier alpha value is -3.35. The van der Waals surface area contributed by atoms with Gasteiger partial charge in [-0.15, -0.1) is 0 Å². The average molecular weight is 462 g/mol. The van der Waals surface area contributed by atoms with Crippen molar-refractivity contribution in [3.05, 3.63) is 90.0 Å². The summed E-state index contributed by atoms with van der Waals surface area (Å²) >= 11 is 0. The molecular formula is C28H31NO5. The number of carbonyl (C=O) groups is 1. The number of hydrogen-bond acceptors (Lipinski definition) is 5. The number of carbonyl (C=O) groups excluding carboxylic acids is 1. The third kappa shape index (κ3) is 6.16. The van der Waals surface area contributed by atoms with Crippen molar-refractivity contribution < 1.29 is 23.7 Å². The van der Waals surface area contributed by atoms with Gasteiger partial charge in [0.2, 0.25) is 0 Å². The van der Waals surface area contributed by atoms with Gasteiger partial charge >= 0.3 is 6.09 Å². The van der Waals surface area contributed by atoms with E-state index < -0.39 is 0 Å². The SMILES string of the molecule is CN(CCOCCOCCOc1ccccc1)C(=O)OCC1c2ccccc2-c2ccccc21. The molecule has 0 aromatic heterocycles. The maximum Gasteiger partial charge on any atom is 0.409 e. The van der Waals surface area contributed by atoms with E-state index >= 15 is 0 Å². The van der Waals surface area contributed by atoms with Gasteiger partial charge in [-0.05, 0) is 34.4 Å². The molecule has 0 fully saturated rings. The van der Waals surface area contributed by atoms with E-state index in [9.17, 15) is 4.79 Å². The van der Waals surface area contributed by atoms with Crippen LogP contribution in [-0.4, -0.2) is 64.2 Å². The second-order valence-corrected chi connectivity index (χ2v) is 8.11. The Morgan fingerprint density at radius 3 is 1.97 bits per heavy atom. The van der Waals surface area contributed by atoms with Crippen LogP contribution in [0.1, 0.15) is 17.0 Å². The Morgan fingerprint density at radius 2 is 1.29 bits per heavy atom. The molecule has 0 saturated heterocycles. The molecular weight excluding hydrogens is 430 g/mol. The van der Waals surface area contributed by atoms with Crippen LogP contribution in [0.3, 0.4) is 0 Å². The molecule has 34 heavy (non-hydrogen) atoms. The number of rotatable bonds is 12. The maximum absolute atomic E-state index is 12.5. The molecule has 0 saturated carbocycles. The van der Waals surface area contributed by atoms with Crippen LogP contribution >= 0.6 is 0 Å². The summed E-state index contributed by atoms with van der Waals surface area (Å²) in [6, 6.07) is 26.3. The van der Waals surface area contributed by atoms with Gasteiger partial charge < -0.3 is 23.8 Å². The lowest BCUT2D eigenvalue weighted by Gasteiger charge is -2.19. The highest BCUT2D eigenvalue weighted by molar-refractivity contribution is 5.79. The molecule has 0 atom stereocenters. The molecule has 3 aromatic carbocycles. The average Bonchev–Trinajstić information content (AvgIpc) is 3.20. The third-order valence-electron chi connectivity index (χ3n) is 5.83. The van der Waals surface area contributed by atoms with Crippen LogP contribution in [0.4, 0.5) is 4.79 Å². The Bertz CT molecular complexity index is 1010. The molecule has 1 aliphatic rings. The quantitative estimate of drug-likeness (QED) is 0.356. The van der Waals surface area contributed by atoms with Gasteiger partial charge in [0.25, 0.3) is 0 Å². The van der Waals surface area contributed by atoms with Gasteiger partial charge in [0.15, 0.2) is 0 Å². The smallest absolute Gasteiger partial charge is 0.409 e. The van der Waals surface area contributed by atoms with Crippen LogP contribution in [0.5, 0.6) is 5.75 Å². The molecule has 178 valence electrons. The molecule has 0 aliphatic heterocycles. The first-order chi connectivity index (χ1) is 16.7. The predicted molar refractivity (Wildman–Crippen MR) is 131 cm³/mol. The zero-order valence-corrected chi connectivity index (χ0v) is 19.5. The number of fused-ring (bicyclic) bond motifs is 3. The van der Waals surface area contributed by atoms with Crippen LogP contribution in [0.2, 0.25) is 0 Å². The first-order valence-corrected chi connectivity index (χ1v) is 11.6. The van der Waals surface area contributed by atoms with Gasteiger partial charge in [-0.3, -0.25) is 0 Å². The Morgan fingerprint density at radius 1 is 0.735 bits per heavy atom. The zero-order valence-electron chi connectivity index (χ0n) is 19.5. The third-order valence-corrected chi connectivity index (χ3v) is 5.83. The molecule has 1 aliphatic carbocycles. The normalized spacial score (nSPS) is 12.1. The molecule has 0 unspecified atom stereocenters. The van der Waals surface area contributed by atoms with Crippen molar-refractivity contribution in [3.63, 3.8) is 0 Å². The van der Waals surface area contributed by atoms with Gasteiger partial charge in [0.1, 0.15) is 19.0 Å². The van der Waals surface area contributed by atoms with E-state index in [-0.39, 0.29) is 12.0 Å². The second-order valence-electron chi connectivity index (χ2n) is 8.11. The lowest BCUT2D eigenvalue weighted by Crippen LogP contribution is -2.32. The molecule has 0 spiro atoms. The van der Waals surface area contributed by atoms with Gasteiger partial charge in [0, 0.05) is 19.5 Å². The summed E-state index contributed by atoms with van der Waals surface area (Å²) in [5.41, 5.74) is 4.85. The minimum absolute atomic E-state index is 0.0593. The van der Waals surface area contributed by atoms with Gasteiger partial charge in [-0.2, -0.15) is 0 Å². The van der Waals surface area contributed by atoms with Gasteiger partial charge in [-0.25, -0.2) is 4.79 Å². The number of para-hydroxylation sites is 1. The van der Waals surface area contributed by atoms with E-state index in [2.05, 4.69) is 24.3 Å². The molecule has 0 bridgehead atoms. The first-order valence-electron chi connectivity index (χ1n) is 11.6. The number of benzene rings is 3. The van der Waals surface area contributed by atoms with Crippen LogP contribution in [-0.2, 0) is 14.2 Å². The van der Waals surface area contributed by atoms with Crippen molar-refractivity contribution in [2.75, 3.05) is 53.2 Å². The molecule has 0 N–H and O–H groups in total. The van der Waals surface area contributed by atoms with E-state index in [0.717, 1.165) is 5.75 Å². The monoisotopic (exact) mass is 461 g/mol. The zero-order chi connectivity index (χ0) is 23.6. The van der Waals surface area contributed by atoms with Gasteiger partial charge in [-0.1, -0.05) is 66.7 Å². The lowest BCUT2D eigenvalue weighted by atomic mass is 9.98. The minimum Gasteiger partial charge on any atom is -0.491 e. The van der Waals surface area contributed by atoms with Crippen molar-refractivity contribution in [2.24, 2.45) is 0 Å². The summed E-state index contributed by atoms with van der Waals surface area (Å²) in [7, 11) is 1.72. The Balaban J connectivity index is 1.10. The van der Waals surface area contributed by atoms with E-state index in [0.29, 0.717) is 46.2 Å². The van der Waals surface area contributed by atoms with Crippen LogP contribution in [0.15, 0.2) is 78.9 Å². The van der Waals surface area contributed by atoms with Crippen molar-refractivity contribution in [1.29, 1.82) is 0 Å². The number of hydrogen-bond donors (Lipinski definition) is 0. The summed E-state index contributed by atoms with van der Waals surface area (Å²) in [5.74, 6) is 0.891. The summed E-state index contributed by atoms with van der Waals surface area (Å²) in [6.45, 7) is 3.12. The fourth-order valence-electron chi connectivity index (χ4n) is 4.05. The molecule has 6 nitrogen and oxygen atoms in total. The van der Waals surface area contributed by atoms with E-state index in [4.69, 9.17) is 18.9 Å². The summed E-state index contributed by atoms with van der Waals surface area (Å²) < 4.78 is 22.3. The predicted octanol–water partition coefficient (Wildman–Crippen LogP) is 4.98. The molecule has 0 radical (unpaired) electrons. The highest BCUT2D eigenvalue weighted by Crippen LogP contribution is 2.44. The van der Waals surface area contributed by atoms with Gasteiger partial charge in [0.05, 0.1) is 26.4 Å². The molecule has 0 heterocycles. The molecule has 6 heteroatoms. The number of nitrogens with zero attached hydrogens (tertiary/aromatic N) is 1. The lowest BCUT2D eigenvalue weighted by molar-refractivity contribution is 0.0294. The fourth-order valence-corrected chi connectivity index (χ4v) is 4.05. The van der Waals surface area contributed by atoms with Crippen molar-refractivity contribution in [1.82, 2.24) is 4.90 Å². The van der Waals surface area contributed by atoms with Crippen LogP contribution in [0.25, 0.3) is 11.1 Å². The standard InChI is InChI=1S/C28H31NO5/c1-29(15-16-31-17-18-32-19-20-33-22-9-3-2-4-10-22)28(30)34-21-27-25-13-7-5-11-23(25)24-12-6-8-14-26(24)27/h2-14,27H,15-21H2,1H3.